The van der Waals surface area contributed by atoms with Gasteiger partial charge in [0.15, 0.2) is 0 Å². The summed E-state index contributed by atoms with van der Waals surface area (Å²) < 4.78 is 0. The molecule has 0 fully saturated rings. The Kier molecular flexibility index (Phi) is 2.88. The van der Waals surface area contributed by atoms with Crippen molar-refractivity contribution in [3.05, 3.63) is 0 Å². The van der Waals surface area contributed by atoms with Gasteiger partial charge in [0, 0.05) is 13.1 Å². The monoisotopic (exact) mass is 155 g/mol. The molecule has 0 aromatic rings. The molecular formula is C8H17N3. The van der Waals surface area contributed by atoms with E-state index >= 15 is 0 Å². The summed E-state index contributed by atoms with van der Waals surface area (Å²) in [5.74, 6) is 1.46. The van der Waals surface area contributed by atoms with Crippen molar-refractivity contribution in [2.24, 2.45) is 16.6 Å². The Hall–Kier alpha value is -0.570. The summed E-state index contributed by atoms with van der Waals surface area (Å²) in [6.07, 6.45) is 1.13. The van der Waals surface area contributed by atoms with Crippen LogP contribution < -0.4 is 11.1 Å². The lowest BCUT2D eigenvalue weighted by atomic mass is 10.0. The molecule has 0 bridgehead atoms. The molecular weight excluding hydrogens is 138 g/mol. The molecule has 0 spiro atoms. The molecule has 0 amide bonds. The van der Waals surface area contributed by atoms with E-state index in [9.17, 15) is 0 Å². The SMILES string of the molecule is CC(C)C(N)C1=NCCCN1. The maximum atomic E-state index is 5.90. The van der Waals surface area contributed by atoms with Crippen molar-refractivity contribution in [2.75, 3.05) is 13.1 Å². The van der Waals surface area contributed by atoms with Crippen molar-refractivity contribution < 1.29 is 0 Å². The van der Waals surface area contributed by atoms with E-state index < -0.39 is 0 Å². The van der Waals surface area contributed by atoms with Crippen LogP contribution in [-0.2, 0) is 0 Å². The van der Waals surface area contributed by atoms with Gasteiger partial charge in [-0.05, 0) is 12.3 Å². The van der Waals surface area contributed by atoms with Crippen LogP contribution >= 0.6 is 0 Å². The highest BCUT2D eigenvalue weighted by atomic mass is 15.0. The number of aliphatic imine (C=N–C) groups is 1. The molecule has 0 aromatic carbocycles. The average molecular weight is 155 g/mol. The number of nitrogens with one attached hydrogen (secondary N) is 1. The van der Waals surface area contributed by atoms with Crippen LogP contribution in [0.25, 0.3) is 0 Å². The molecule has 1 atom stereocenters. The number of rotatable bonds is 2. The fourth-order valence-electron chi connectivity index (χ4n) is 1.09. The third kappa shape index (κ3) is 2.19. The summed E-state index contributed by atoms with van der Waals surface area (Å²) in [5.41, 5.74) is 5.90. The largest absolute Gasteiger partial charge is 0.372 e. The van der Waals surface area contributed by atoms with Gasteiger partial charge in [-0.3, -0.25) is 4.99 Å². The summed E-state index contributed by atoms with van der Waals surface area (Å²) in [6.45, 7) is 6.19. The molecule has 3 N–H and O–H groups in total. The topological polar surface area (TPSA) is 50.4 Å². The van der Waals surface area contributed by atoms with Gasteiger partial charge in [0.05, 0.1) is 6.04 Å². The zero-order valence-corrected chi connectivity index (χ0v) is 7.30. The molecule has 0 aromatic heterocycles. The minimum absolute atomic E-state index is 0.0929. The molecule has 1 rings (SSSR count). The lowest BCUT2D eigenvalue weighted by Crippen LogP contribution is -2.46. The Morgan fingerprint density at radius 1 is 1.55 bits per heavy atom. The van der Waals surface area contributed by atoms with E-state index in [1.54, 1.807) is 0 Å². The van der Waals surface area contributed by atoms with E-state index in [1.165, 1.54) is 0 Å². The normalized spacial score (nSPS) is 20.9. The summed E-state index contributed by atoms with van der Waals surface area (Å²) >= 11 is 0. The van der Waals surface area contributed by atoms with Crippen LogP contribution in [0, 0.1) is 5.92 Å². The highest BCUT2D eigenvalue weighted by molar-refractivity contribution is 5.87. The van der Waals surface area contributed by atoms with Crippen molar-refractivity contribution in [1.82, 2.24) is 5.32 Å². The molecule has 3 nitrogen and oxygen atoms in total. The van der Waals surface area contributed by atoms with Gasteiger partial charge in [-0.1, -0.05) is 13.8 Å². The fraction of sp³-hybridized carbons (Fsp3) is 0.875. The van der Waals surface area contributed by atoms with Crippen molar-refractivity contribution in [3.63, 3.8) is 0 Å². The predicted octanol–water partition coefficient (Wildman–Crippen LogP) is 0.361. The number of nitrogens with two attached hydrogens (primary N) is 1. The van der Waals surface area contributed by atoms with Gasteiger partial charge in [0.2, 0.25) is 0 Å². The number of amidine groups is 1. The van der Waals surface area contributed by atoms with Crippen LogP contribution in [0.3, 0.4) is 0 Å². The minimum atomic E-state index is 0.0929. The van der Waals surface area contributed by atoms with Gasteiger partial charge in [-0.25, -0.2) is 0 Å². The van der Waals surface area contributed by atoms with Crippen LogP contribution in [0.4, 0.5) is 0 Å². The van der Waals surface area contributed by atoms with Crippen LogP contribution in [0.1, 0.15) is 20.3 Å². The van der Waals surface area contributed by atoms with E-state index in [-0.39, 0.29) is 6.04 Å². The van der Waals surface area contributed by atoms with Gasteiger partial charge < -0.3 is 11.1 Å². The Morgan fingerprint density at radius 3 is 2.73 bits per heavy atom. The summed E-state index contributed by atoms with van der Waals surface area (Å²) in [5, 5.41) is 3.23. The maximum absolute atomic E-state index is 5.90. The van der Waals surface area contributed by atoms with Crippen molar-refractivity contribution >= 4 is 5.84 Å². The predicted molar refractivity (Wildman–Crippen MR) is 47.7 cm³/mol. The Morgan fingerprint density at radius 2 is 2.27 bits per heavy atom. The van der Waals surface area contributed by atoms with Gasteiger partial charge in [-0.15, -0.1) is 0 Å². The lowest BCUT2D eigenvalue weighted by molar-refractivity contribution is 0.567. The van der Waals surface area contributed by atoms with Crippen molar-refractivity contribution in [2.45, 2.75) is 26.3 Å². The standard InChI is InChI=1S/C8H17N3/c1-6(2)7(9)8-10-4-3-5-11-8/h6-7H,3-5,9H2,1-2H3,(H,10,11). The molecule has 11 heavy (non-hydrogen) atoms. The zero-order valence-electron chi connectivity index (χ0n) is 7.30. The summed E-state index contributed by atoms with van der Waals surface area (Å²) in [4.78, 5) is 4.33. The first-order valence-electron chi connectivity index (χ1n) is 4.25. The van der Waals surface area contributed by atoms with Gasteiger partial charge in [-0.2, -0.15) is 0 Å². The lowest BCUT2D eigenvalue weighted by Gasteiger charge is -2.22. The zero-order chi connectivity index (χ0) is 8.27. The highest BCUT2D eigenvalue weighted by Crippen LogP contribution is 2.02. The second-order valence-electron chi connectivity index (χ2n) is 3.32. The minimum Gasteiger partial charge on any atom is -0.372 e. The molecule has 3 heteroatoms. The number of hydrogen-bond acceptors (Lipinski definition) is 3. The van der Waals surface area contributed by atoms with E-state index in [0.717, 1.165) is 25.3 Å². The molecule has 0 radical (unpaired) electrons. The van der Waals surface area contributed by atoms with Crippen molar-refractivity contribution in [3.8, 4) is 0 Å². The summed E-state index contributed by atoms with van der Waals surface area (Å²) in [6, 6.07) is 0.0929. The Bertz CT molecular complexity index is 151. The molecule has 1 aliphatic heterocycles. The molecule has 0 aliphatic carbocycles. The second-order valence-corrected chi connectivity index (χ2v) is 3.32. The van der Waals surface area contributed by atoms with E-state index in [0.29, 0.717) is 5.92 Å². The molecule has 1 aliphatic rings. The van der Waals surface area contributed by atoms with E-state index in [4.69, 9.17) is 5.73 Å². The highest BCUT2D eigenvalue weighted by Gasteiger charge is 2.15. The van der Waals surface area contributed by atoms with Crippen LogP contribution in [0.15, 0.2) is 4.99 Å². The first-order valence-corrected chi connectivity index (χ1v) is 4.25. The maximum Gasteiger partial charge on any atom is 0.114 e. The molecule has 1 unspecified atom stereocenters. The van der Waals surface area contributed by atoms with Gasteiger partial charge in [0.25, 0.3) is 0 Å². The first-order chi connectivity index (χ1) is 5.22. The Labute approximate surface area is 68.1 Å². The van der Waals surface area contributed by atoms with E-state index in [2.05, 4.69) is 24.2 Å². The summed E-state index contributed by atoms with van der Waals surface area (Å²) in [7, 11) is 0. The van der Waals surface area contributed by atoms with Gasteiger partial charge in [0.1, 0.15) is 5.84 Å². The van der Waals surface area contributed by atoms with Gasteiger partial charge >= 0.3 is 0 Å². The molecule has 0 saturated heterocycles. The molecule has 64 valence electrons. The quantitative estimate of drug-likeness (QED) is 0.605. The third-order valence-electron chi connectivity index (χ3n) is 1.96. The molecule has 0 saturated carbocycles. The fourth-order valence-corrected chi connectivity index (χ4v) is 1.09. The van der Waals surface area contributed by atoms with E-state index in [1.807, 2.05) is 0 Å². The van der Waals surface area contributed by atoms with Crippen LogP contribution in [-0.4, -0.2) is 25.0 Å². The van der Waals surface area contributed by atoms with Crippen LogP contribution in [0.5, 0.6) is 0 Å². The molecule has 1 heterocycles. The van der Waals surface area contributed by atoms with Crippen LogP contribution in [0.2, 0.25) is 0 Å². The van der Waals surface area contributed by atoms with Crippen molar-refractivity contribution in [1.29, 1.82) is 0 Å². The second kappa shape index (κ2) is 3.72. The number of nitrogens with zero attached hydrogens (tertiary/aromatic N) is 1. The smallest absolute Gasteiger partial charge is 0.114 e. The number of hydrogen-bond donors (Lipinski definition) is 2. The first kappa shape index (κ1) is 8.53. The average Bonchev–Trinajstić information content (AvgIpc) is 2.05. The Balaban J connectivity index is 2.51. The third-order valence-corrected chi connectivity index (χ3v) is 1.96.